The summed E-state index contributed by atoms with van der Waals surface area (Å²) < 4.78 is 11.0. The number of fused-ring (bicyclic) bond motifs is 3. The zero-order valence-corrected chi connectivity index (χ0v) is 17.6. The van der Waals surface area contributed by atoms with Gasteiger partial charge in [-0.15, -0.1) is 0 Å². The first-order valence-corrected chi connectivity index (χ1v) is 11.7. The van der Waals surface area contributed by atoms with Crippen LogP contribution in [0.2, 0.25) is 0 Å². The normalized spacial score (nSPS) is 39.6. The summed E-state index contributed by atoms with van der Waals surface area (Å²) in [6.07, 6.45) is 6.61. The summed E-state index contributed by atoms with van der Waals surface area (Å²) in [7, 11) is 0. The summed E-state index contributed by atoms with van der Waals surface area (Å²) in [6.45, 7) is 7.55. The van der Waals surface area contributed by atoms with Crippen molar-refractivity contribution in [2.45, 2.75) is 63.6 Å². The summed E-state index contributed by atoms with van der Waals surface area (Å²) in [5, 5.41) is 0. The van der Waals surface area contributed by atoms with E-state index in [0.717, 1.165) is 39.0 Å². The third kappa shape index (κ3) is 3.65. The summed E-state index contributed by atoms with van der Waals surface area (Å²) in [4.78, 5) is 32.1. The Morgan fingerprint density at radius 1 is 0.931 bits per heavy atom. The molecule has 0 spiro atoms. The highest BCUT2D eigenvalue weighted by molar-refractivity contribution is 5.82. The molecular weight excluding hydrogens is 370 g/mol. The predicted octanol–water partition coefficient (Wildman–Crippen LogP) is 1.96. The third-order valence-electron chi connectivity index (χ3n) is 7.92. The van der Waals surface area contributed by atoms with Crippen LogP contribution in [-0.2, 0) is 14.3 Å². The molecule has 2 unspecified atom stereocenters. The molecule has 7 nitrogen and oxygen atoms in total. The van der Waals surface area contributed by atoms with E-state index >= 15 is 0 Å². The third-order valence-corrected chi connectivity index (χ3v) is 7.92. The van der Waals surface area contributed by atoms with Crippen LogP contribution in [-0.4, -0.2) is 90.8 Å². The monoisotopic (exact) mass is 405 g/mol. The fourth-order valence-corrected chi connectivity index (χ4v) is 6.41. The maximum absolute atomic E-state index is 13.0. The molecule has 7 heteroatoms. The number of carbonyl (C=O) groups excluding carboxylic acids is 2. The van der Waals surface area contributed by atoms with Crippen molar-refractivity contribution in [3.63, 3.8) is 0 Å². The molecule has 4 saturated heterocycles. The smallest absolute Gasteiger partial charge is 0.410 e. The van der Waals surface area contributed by atoms with Crippen LogP contribution < -0.4 is 0 Å². The molecule has 1 saturated carbocycles. The number of rotatable bonds is 3. The first kappa shape index (κ1) is 19.6. The second-order valence-electron chi connectivity index (χ2n) is 9.62. The van der Waals surface area contributed by atoms with Gasteiger partial charge in [0.25, 0.3) is 0 Å². The van der Waals surface area contributed by atoms with Gasteiger partial charge in [-0.3, -0.25) is 14.6 Å². The van der Waals surface area contributed by atoms with E-state index in [4.69, 9.17) is 9.47 Å². The first-order valence-electron chi connectivity index (χ1n) is 11.7. The van der Waals surface area contributed by atoms with Crippen molar-refractivity contribution in [3.05, 3.63) is 0 Å². The summed E-state index contributed by atoms with van der Waals surface area (Å²) in [5.74, 6) is 1.84. The van der Waals surface area contributed by atoms with Crippen LogP contribution >= 0.6 is 0 Å². The number of ether oxygens (including phenoxy) is 2. The van der Waals surface area contributed by atoms with Gasteiger partial charge in [-0.25, -0.2) is 4.79 Å². The van der Waals surface area contributed by atoms with Crippen LogP contribution in [0.5, 0.6) is 0 Å². The van der Waals surface area contributed by atoms with Crippen molar-refractivity contribution >= 4 is 12.0 Å². The molecule has 5 atom stereocenters. The Morgan fingerprint density at radius 2 is 1.55 bits per heavy atom. The Morgan fingerprint density at radius 3 is 2.14 bits per heavy atom. The number of likely N-dealkylation sites (tertiary alicyclic amines) is 2. The van der Waals surface area contributed by atoms with E-state index < -0.39 is 0 Å². The molecule has 0 aromatic heterocycles. The number of nitrogens with zero attached hydrogens (tertiary/aromatic N) is 3. The van der Waals surface area contributed by atoms with Crippen molar-refractivity contribution < 1.29 is 19.1 Å². The summed E-state index contributed by atoms with van der Waals surface area (Å²) in [5.41, 5.74) is 0. The Kier molecular flexibility index (Phi) is 5.45. The van der Waals surface area contributed by atoms with Crippen molar-refractivity contribution in [1.29, 1.82) is 0 Å². The van der Waals surface area contributed by atoms with Gasteiger partial charge in [0, 0.05) is 38.1 Å². The zero-order chi connectivity index (χ0) is 20.0. The predicted molar refractivity (Wildman–Crippen MR) is 107 cm³/mol. The van der Waals surface area contributed by atoms with E-state index in [2.05, 4.69) is 9.80 Å². The number of morpholine rings is 1. The molecule has 2 amide bonds. The Balaban J connectivity index is 1.16. The van der Waals surface area contributed by atoms with Crippen molar-refractivity contribution in [2.75, 3.05) is 46.0 Å². The molecular formula is C22H35N3O4. The fourth-order valence-electron chi connectivity index (χ4n) is 6.41. The Hall–Kier alpha value is -1.34. The highest BCUT2D eigenvalue weighted by Crippen LogP contribution is 2.54. The van der Waals surface area contributed by atoms with Gasteiger partial charge in [0.05, 0.1) is 31.9 Å². The number of piperidine rings is 2. The molecule has 162 valence electrons. The lowest BCUT2D eigenvalue weighted by molar-refractivity contribution is -0.133. The van der Waals surface area contributed by atoms with Gasteiger partial charge in [0.2, 0.25) is 5.91 Å². The van der Waals surface area contributed by atoms with Crippen LogP contribution in [0.1, 0.15) is 45.4 Å². The number of hydrogen-bond acceptors (Lipinski definition) is 5. The average molecular weight is 406 g/mol. The van der Waals surface area contributed by atoms with E-state index in [1.807, 2.05) is 11.8 Å². The molecule has 5 aliphatic rings. The van der Waals surface area contributed by atoms with E-state index in [1.165, 1.54) is 25.7 Å². The molecule has 0 aromatic rings. The molecule has 29 heavy (non-hydrogen) atoms. The van der Waals surface area contributed by atoms with Crippen LogP contribution in [0.25, 0.3) is 0 Å². The lowest BCUT2D eigenvalue weighted by Crippen LogP contribution is -2.62. The largest absolute Gasteiger partial charge is 0.450 e. The van der Waals surface area contributed by atoms with Crippen molar-refractivity contribution in [1.82, 2.24) is 14.7 Å². The SMILES string of the molecule is CCOC(=O)N1C2COCC1CC(N1C[C@@H]3[C@H](C1)[C@@H]3C(=O)N1CCCCCC1)C2. The topological polar surface area (TPSA) is 62.3 Å². The Labute approximate surface area is 173 Å². The minimum Gasteiger partial charge on any atom is -0.450 e. The van der Waals surface area contributed by atoms with E-state index in [-0.39, 0.29) is 24.1 Å². The second kappa shape index (κ2) is 8.06. The summed E-state index contributed by atoms with van der Waals surface area (Å²) >= 11 is 0. The molecule has 4 heterocycles. The van der Waals surface area contributed by atoms with Crippen molar-refractivity contribution in [3.8, 4) is 0 Å². The van der Waals surface area contributed by atoms with Crippen LogP contribution in [0.4, 0.5) is 4.79 Å². The standard InChI is InChI=1S/C22H35N3O4/c1-2-29-22(27)25-16-9-15(10-17(25)14-28-13-16)24-11-18-19(12-24)20(18)21(26)23-7-5-3-4-6-8-23/h15-20H,2-14H2,1H3/t15?,16?,17?,18-,19+,20-. The molecule has 5 fully saturated rings. The lowest BCUT2D eigenvalue weighted by atomic mass is 9.89. The fraction of sp³-hybridized carbons (Fsp3) is 0.909. The molecule has 0 N–H and O–H groups in total. The van der Waals surface area contributed by atoms with Gasteiger partial charge in [0.15, 0.2) is 0 Å². The minimum atomic E-state index is -0.184. The van der Waals surface area contributed by atoms with E-state index in [0.29, 0.717) is 43.6 Å². The molecule has 1 aliphatic carbocycles. The van der Waals surface area contributed by atoms with Crippen LogP contribution in [0, 0.1) is 17.8 Å². The highest BCUT2D eigenvalue weighted by Gasteiger charge is 2.61. The zero-order valence-electron chi connectivity index (χ0n) is 17.6. The van der Waals surface area contributed by atoms with Gasteiger partial charge in [0.1, 0.15) is 0 Å². The summed E-state index contributed by atoms with van der Waals surface area (Å²) in [6, 6.07) is 0.748. The quantitative estimate of drug-likeness (QED) is 0.718. The van der Waals surface area contributed by atoms with Crippen molar-refractivity contribution in [2.24, 2.45) is 17.8 Å². The molecule has 0 radical (unpaired) electrons. The average Bonchev–Trinajstić information content (AvgIpc) is 3.33. The first-order chi connectivity index (χ1) is 14.2. The molecule has 4 aliphatic heterocycles. The van der Waals surface area contributed by atoms with Gasteiger partial charge in [-0.1, -0.05) is 12.8 Å². The number of carbonyl (C=O) groups is 2. The number of amides is 2. The molecule has 2 bridgehead atoms. The molecule has 5 rings (SSSR count). The van der Waals surface area contributed by atoms with Gasteiger partial charge < -0.3 is 14.4 Å². The second-order valence-corrected chi connectivity index (χ2v) is 9.62. The lowest BCUT2D eigenvalue weighted by Gasteiger charge is -2.49. The van der Waals surface area contributed by atoms with E-state index in [1.54, 1.807) is 0 Å². The highest BCUT2D eigenvalue weighted by atomic mass is 16.6. The van der Waals surface area contributed by atoms with Gasteiger partial charge in [-0.2, -0.15) is 0 Å². The van der Waals surface area contributed by atoms with Gasteiger partial charge >= 0.3 is 6.09 Å². The number of hydrogen-bond donors (Lipinski definition) is 0. The van der Waals surface area contributed by atoms with E-state index in [9.17, 15) is 9.59 Å². The Bertz CT molecular complexity index is 610. The molecule has 0 aromatic carbocycles. The van der Waals surface area contributed by atoms with Gasteiger partial charge in [-0.05, 0) is 44.4 Å². The minimum absolute atomic E-state index is 0.123. The van der Waals surface area contributed by atoms with Crippen LogP contribution in [0.3, 0.4) is 0 Å². The maximum Gasteiger partial charge on any atom is 0.410 e. The maximum atomic E-state index is 13.0. The van der Waals surface area contributed by atoms with Crippen LogP contribution in [0.15, 0.2) is 0 Å².